The average molecular weight is 350 g/mol. The van der Waals surface area contributed by atoms with Crippen LogP contribution in [-0.2, 0) is 0 Å². The molecule has 1 aromatic heterocycles. The number of aromatic nitrogens is 2. The fourth-order valence-electron chi connectivity index (χ4n) is 1.19. The summed E-state index contributed by atoms with van der Waals surface area (Å²) in [6.45, 7) is 0. The van der Waals surface area contributed by atoms with Gasteiger partial charge in [0, 0.05) is 12.1 Å². The fraction of sp³-hybridized carbons (Fsp3) is 0.0909. The van der Waals surface area contributed by atoms with Gasteiger partial charge in [0.05, 0.1) is 4.47 Å². The van der Waals surface area contributed by atoms with Gasteiger partial charge in [0.2, 0.25) is 5.88 Å². The van der Waals surface area contributed by atoms with Crippen LogP contribution in [0.4, 0.5) is 4.39 Å². The molecule has 0 radical (unpaired) electrons. The fourth-order valence-corrected chi connectivity index (χ4v) is 2.11. The quantitative estimate of drug-likeness (QED) is 0.463. The summed E-state index contributed by atoms with van der Waals surface area (Å²) in [6, 6.07) is 5.62. The summed E-state index contributed by atoms with van der Waals surface area (Å²) in [5, 5.41) is 0.766. The Morgan fingerprint density at radius 1 is 1.33 bits per heavy atom. The van der Waals surface area contributed by atoms with E-state index >= 15 is 0 Å². The minimum atomic E-state index is -0.390. The minimum absolute atomic E-state index is 0.269. The van der Waals surface area contributed by atoms with Gasteiger partial charge in [-0.05, 0) is 34.3 Å². The van der Waals surface area contributed by atoms with Crippen LogP contribution in [0.15, 0.2) is 33.9 Å². The normalized spacial score (nSPS) is 10.4. The zero-order valence-corrected chi connectivity index (χ0v) is 12.3. The lowest BCUT2D eigenvalue weighted by molar-refractivity contribution is 0.448. The summed E-state index contributed by atoms with van der Waals surface area (Å²) in [7, 11) is 0. The van der Waals surface area contributed by atoms with Crippen molar-refractivity contribution in [2.24, 2.45) is 0 Å². The monoisotopic (exact) mass is 348 g/mol. The Kier molecular flexibility index (Phi) is 4.42. The Bertz CT molecular complexity index is 585. The molecule has 0 bridgehead atoms. The van der Waals surface area contributed by atoms with Crippen LogP contribution in [0.5, 0.6) is 11.6 Å². The molecule has 0 unspecified atom stereocenters. The molecular weight excluding hydrogens is 343 g/mol. The van der Waals surface area contributed by atoms with E-state index in [0.717, 1.165) is 0 Å². The van der Waals surface area contributed by atoms with Crippen LogP contribution in [0.2, 0.25) is 5.15 Å². The molecule has 0 saturated carbocycles. The number of ether oxygens (including phenoxy) is 1. The van der Waals surface area contributed by atoms with Crippen LogP contribution in [0, 0.1) is 5.82 Å². The van der Waals surface area contributed by atoms with Crippen LogP contribution >= 0.6 is 39.3 Å². The number of hydrogen-bond acceptors (Lipinski definition) is 4. The number of benzene rings is 1. The molecule has 94 valence electrons. The van der Waals surface area contributed by atoms with Crippen molar-refractivity contribution in [1.82, 2.24) is 9.97 Å². The van der Waals surface area contributed by atoms with E-state index in [0.29, 0.717) is 15.4 Å². The highest BCUT2D eigenvalue weighted by atomic mass is 79.9. The maximum absolute atomic E-state index is 13.1. The predicted octanol–water partition coefficient (Wildman–Crippen LogP) is 4.55. The van der Waals surface area contributed by atoms with Crippen molar-refractivity contribution in [3.05, 3.63) is 39.7 Å². The standard InChI is InChI=1S/C11H7BrClFN2OS/c1-18-11-15-9(13)5-10(16-11)17-8-4-6(14)2-3-7(8)12/h2-5H,1H3. The summed E-state index contributed by atoms with van der Waals surface area (Å²) in [6.07, 6.45) is 1.83. The van der Waals surface area contributed by atoms with E-state index in [1.807, 2.05) is 6.26 Å². The van der Waals surface area contributed by atoms with E-state index in [4.69, 9.17) is 16.3 Å². The molecule has 0 N–H and O–H groups in total. The Morgan fingerprint density at radius 2 is 2.11 bits per heavy atom. The Balaban J connectivity index is 2.33. The van der Waals surface area contributed by atoms with Crippen molar-refractivity contribution in [3.63, 3.8) is 0 Å². The highest BCUT2D eigenvalue weighted by molar-refractivity contribution is 9.10. The molecule has 0 spiro atoms. The molecule has 18 heavy (non-hydrogen) atoms. The van der Waals surface area contributed by atoms with Crippen LogP contribution < -0.4 is 4.74 Å². The molecule has 0 aliphatic carbocycles. The van der Waals surface area contributed by atoms with Gasteiger partial charge < -0.3 is 4.74 Å². The first kappa shape index (κ1) is 13.6. The molecule has 2 aromatic rings. The van der Waals surface area contributed by atoms with Gasteiger partial charge in [-0.1, -0.05) is 23.4 Å². The summed E-state index contributed by atoms with van der Waals surface area (Å²) >= 11 is 10.4. The number of halogens is 3. The largest absolute Gasteiger partial charge is 0.438 e. The van der Waals surface area contributed by atoms with Crippen LogP contribution in [0.1, 0.15) is 0 Å². The number of rotatable bonds is 3. The van der Waals surface area contributed by atoms with Gasteiger partial charge in [-0.25, -0.2) is 9.37 Å². The number of thioether (sulfide) groups is 1. The smallest absolute Gasteiger partial charge is 0.224 e. The Labute approximate surface area is 121 Å². The predicted molar refractivity (Wildman–Crippen MR) is 73.0 cm³/mol. The van der Waals surface area contributed by atoms with Crippen LogP contribution in [0.25, 0.3) is 0 Å². The van der Waals surface area contributed by atoms with Crippen molar-refractivity contribution in [1.29, 1.82) is 0 Å². The van der Waals surface area contributed by atoms with Gasteiger partial charge >= 0.3 is 0 Å². The second-order valence-corrected chi connectivity index (χ2v) is 5.21. The van der Waals surface area contributed by atoms with Gasteiger partial charge in [-0.3, -0.25) is 0 Å². The third-order valence-electron chi connectivity index (χ3n) is 1.94. The van der Waals surface area contributed by atoms with Crippen molar-refractivity contribution in [2.75, 3.05) is 6.26 Å². The molecule has 0 saturated heterocycles. The maximum atomic E-state index is 13.1. The van der Waals surface area contributed by atoms with Gasteiger partial charge in [0.15, 0.2) is 5.16 Å². The summed E-state index contributed by atoms with van der Waals surface area (Å²) < 4.78 is 19.2. The van der Waals surface area contributed by atoms with E-state index in [1.165, 1.54) is 30.0 Å². The third kappa shape index (κ3) is 3.34. The van der Waals surface area contributed by atoms with E-state index in [2.05, 4.69) is 25.9 Å². The SMILES string of the molecule is CSc1nc(Cl)cc(Oc2cc(F)ccc2Br)n1. The molecule has 1 aromatic carbocycles. The first-order chi connectivity index (χ1) is 8.58. The molecule has 0 amide bonds. The van der Waals surface area contributed by atoms with Crippen molar-refractivity contribution >= 4 is 39.3 Å². The number of nitrogens with zero attached hydrogens (tertiary/aromatic N) is 2. The maximum Gasteiger partial charge on any atom is 0.224 e. The topological polar surface area (TPSA) is 35.0 Å². The second kappa shape index (κ2) is 5.86. The van der Waals surface area contributed by atoms with Gasteiger partial charge in [0.1, 0.15) is 16.7 Å². The van der Waals surface area contributed by atoms with Crippen molar-refractivity contribution < 1.29 is 9.13 Å². The average Bonchev–Trinajstić information content (AvgIpc) is 2.33. The highest BCUT2D eigenvalue weighted by Crippen LogP contribution is 2.30. The molecule has 0 aliphatic heterocycles. The van der Waals surface area contributed by atoms with Gasteiger partial charge in [-0.2, -0.15) is 4.98 Å². The van der Waals surface area contributed by atoms with Crippen LogP contribution in [0.3, 0.4) is 0 Å². The molecule has 3 nitrogen and oxygen atoms in total. The Morgan fingerprint density at radius 3 is 2.83 bits per heavy atom. The van der Waals surface area contributed by atoms with Gasteiger partial charge in [0.25, 0.3) is 0 Å². The van der Waals surface area contributed by atoms with Crippen molar-refractivity contribution in [2.45, 2.75) is 5.16 Å². The molecule has 0 fully saturated rings. The summed E-state index contributed by atoms with van der Waals surface area (Å²) in [5.74, 6) is 0.209. The van der Waals surface area contributed by atoms with Crippen molar-refractivity contribution in [3.8, 4) is 11.6 Å². The third-order valence-corrected chi connectivity index (χ3v) is 3.34. The lowest BCUT2D eigenvalue weighted by atomic mass is 10.3. The first-order valence-electron chi connectivity index (χ1n) is 4.80. The Hall–Kier alpha value is -0.850. The summed E-state index contributed by atoms with van der Waals surface area (Å²) in [5.41, 5.74) is 0. The number of hydrogen-bond donors (Lipinski definition) is 0. The van der Waals surface area contributed by atoms with E-state index < -0.39 is 5.82 Å². The highest BCUT2D eigenvalue weighted by Gasteiger charge is 2.08. The molecule has 2 rings (SSSR count). The van der Waals surface area contributed by atoms with E-state index in [-0.39, 0.29) is 11.0 Å². The molecule has 7 heteroatoms. The molecule has 1 heterocycles. The lowest BCUT2D eigenvalue weighted by Gasteiger charge is -2.07. The molecule has 0 atom stereocenters. The first-order valence-corrected chi connectivity index (χ1v) is 7.19. The van der Waals surface area contributed by atoms with Crippen LogP contribution in [-0.4, -0.2) is 16.2 Å². The minimum Gasteiger partial charge on any atom is -0.438 e. The summed E-state index contributed by atoms with van der Waals surface area (Å²) in [4.78, 5) is 8.11. The molecule has 0 aliphatic rings. The second-order valence-electron chi connectivity index (χ2n) is 3.19. The van der Waals surface area contributed by atoms with Gasteiger partial charge in [-0.15, -0.1) is 0 Å². The molecular formula is C11H7BrClFN2OS. The zero-order valence-electron chi connectivity index (χ0n) is 9.15. The zero-order chi connectivity index (χ0) is 13.1. The van der Waals surface area contributed by atoms with E-state index in [9.17, 15) is 4.39 Å². The lowest BCUT2D eigenvalue weighted by Crippen LogP contribution is -1.93. The van der Waals surface area contributed by atoms with E-state index in [1.54, 1.807) is 6.07 Å².